The molecular weight excluding hydrogens is 301 g/mol. The molecule has 0 saturated carbocycles. The molecule has 0 spiro atoms. The molecule has 0 atom stereocenters. The van der Waals surface area contributed by atoms with Crippen molar-refractivity contribution < 1.29 is 23.0 Å². The second-order valence-electron chi connectivity index (χ2n) is 5.39. The summed E-state index contributed by atoms with van der Waals surface area (Å²) in [6.07, 6.45) is -0.802. The molecular formula is C13H15F3N4O2. The van der Waals surface area contributed by atoms with Gasteiger partial charge in [0.25, 0.3) is 0 Å². The summed E-state index contributed by atoms with van der Waals surface area (Å²) in [6, 6.07) is 0.996. The van der Waals surface area contributed by atoms with Crippen LogP contribution in [-0.2, 0) is 6.54 Å². The molecule has 9 heteroatoms. The molecule has 0 aliphatic rings. The van der Waals surface area contributed by atoms with Crippen LogP contribution in [0, 0.1) is 0 Å². The van der Waals surface area contributed by atoms with Gasteiger partial charge in [0.1, 0.15) is 11.6 Å². The van der Waals surface area contributed by atoms with Crippen molar-refractivity contribution in [3.8, 4) is 16.9 Å². The topological polar surface area (TPSA) is 86.2 Å². The van der Waals surface area contributed by atoms with Crippen molar-refractivity contribution in [1.29, 1.82) is 0 Å². The number of alkyl halides is 3. The zero-order valence-corrected chi connectivity index (χ0v) is 11.9. The van der Waals surface area contributed by atoms with E-state index in [1.165, 1.54) is 23.3 Å². The molecule has 0 aliphatic carbocycles. The van der Waals surface area contributed by atoms with Gasteiger partial charge in [0, 0.05) is 29.6 Å². The van der Waals surface area contributed by atoms with Gasteiger partial charge in [-0.2, -0.15) is 5.10 Å². The minimum absolute atomic E-state index is 0.0908. The second-order valence-corrected chi connectivity index (χ2v) is 5.39. The number of nitrogens with zero attached hydrogens (tertiary/aromatic N) is 3. The Morgan fingerprint density at radius 3 is 2.59 bits per heavy atom. The minimum atomic E-state index is -4.84. The van der Waals surface area contributed by atoms with Crippen LogP contribution >= 0.6 is 0 Å². The molecule has 2 aromatic heterocycles. The number of rotatable bonds is 4. The van der Waals surface area contributed by atoms with Crippen LogP contribution in [0.25, 0.3) is 11.1 Å². The largest absolute Gasteiger partial charge is 0.573 e. The smallest absolute Gasteiger partial charge is 0.405 e. The Hall–Kier alpha value is -2.29. The first-order valence-electron chi connectivity index (χ1n) is 6.30. The highest BCUT2D eigenvalue weighted by Gasteiger charge is 2.32. The monoisotopic (exact) mass is 316 g/mol. The first-order valence-corrected chi connectivity index (χ1v) is 6.30. The van der Waals surface area contributed by atoms with Gasteiger partial charge in [-0.05, 0) is 13.8 Å². The lowest BCUT2D eigenvalue weighted by Gasteiger charge is -2.16. The van der Waals surface area contributed by atoms with Crippen LogP contribution in [0.4, 0.5) is 19.0 Å². The van der Waals surface area contributed by atoms with E-state index in [0.29, 0.717) is 5.56 Å². The van der Waals surface area contributed by atoms with Gasteiger partial charge in [-0.15, -0.1) is 13.2 Å². The highest BCUT2D eigenvalue weighted by molar-refractivity contribution is 5.70. The predicted molar refractivity (Wildman–Crippen MR) is 72.9 cm³/mol. The lowest BCUT2D eigenvalue weighted by molar-refractivity contribution is -0.274. The summed E-state index contributed by atoms with van der Waals surface area (Å²) >= 11 is 0. The number of nitrogen functional groups attached to an aromatic ring is 1. The van der Waals surface area contributed by atoms with E-state index in [4.69, 9.17) is 5.73 Å². The van der Waals surface area contributed by atoms with E-state index in [2.05, 4.69) is 14.8 Å². The molecule has 0 bridgehead atoms. The quantitative estimate of drug-likeness (QED) is 0.903. The van der Waals surface area contributed by atoms with Crippen LogP contribution in [-0.4, -0.2) is 31.8 Å². The van der Waals surface area contributed by atoms with Gasteiger partial charge >= 0.3 is 6.36 Å². The minimum Gasteiger partial charge on any atom is -0.405 e. The standard InChI is InChI=1S/C13H15F3N4O2/c1-12(2,21)7-20-6-8(4-19-20)9-5-18-11(17)3-10(9)22-13(14,15)16/h3-6,21H,7H2,1-2H3,(H2,17,18). The van der Waals surface area contributed by atoms with Gasteiger partial charge in [-0.25, -0.2) is 4.98 Å². The van der Waals surface area contributed by atoms with E-state index >= 15 is 0 Å². The highest BCUT2D eigenvalue weighted by atomic mass is 19.4. The van der Waals surface area contributed by atoms with Gasteiger partial charge in [0.2, 0.25) is 0 Å². The fraction of sp³-hybridized carbons (Fsp3) is 0.385. The van der Waals surface area contributed by atoms with Crippen molar-refractivity contribution in [2.45, 2.75) is 32.4 Å². The molecule has 2 aromatic rings. The molecule has 3 N–H and O–H groups in total. The molecule has 0 radical (unpaired) electrons. The molecule has 0 fully saturated rings. The molecule has 120 valence electrons. The van der Waals surface area contributed by atoms with E-state index < -0.39 is 17.7 Å². The Labute approximate surface area is 124 Å². The van der Waals surface area contributed by atoms with Gasteiger partial charge in [0.15, 0.2) is 0 Å². The van der Waals surface area contributed by atoms with E-state index in [1.807, 2.05) is 0 Å². The van der Waals surface area contributed by atoms with Crippen LogP contribution in [0.5, 0.6) is 5.75 Å². The average Bonchev–Trinajstić information content (AvgIpc) is 2.72. The Bertz CT molecular complexity index is 662. The number of hydrogen-bond acceptors (Lipinski definition) is 5. The zero-order chi connectivity index (χ0) is 16.5. The van der Waals surface area contributed by atoms with E-state index in [-0.39, 0.29) is 17.9 Å². The van der Waals surface area contributed by atoms with Crippen LogP contribution in [0.15, 0.2) is 24.7 Å². The van der Waals surface area contributed by atoms with E-state index in [0.717, 1.165) is 6.07 Å². The summed E-state index contributed by atoms with van der Waals surface area (Å²) in [5.74, 6) is -0.547. The number of pyridine rings is 1. The fourth-order valence-electron chi connectivity index (χ4n) is 1.86. The highest BCUT2D eigenvalue weighted by Crippen LogP contribution is 2.34. The van der Waals surface area contributed by atoms with Crippen molar-refractivity contribution >= 4 is 5.82 Å². The maximum atomic E-state index is 12.5. The Morgan fingerprint density at radius 2 is 2.00 bits per heavy atom. The SMILES string of the molecule is CC(C)(O)Cn1cc(-c2cnc(N)cc2OC(F)(F)F)cn1. The number of hydrogen-bond donors (Lipinski definition) is 2. The third kappa shape index (κ3) is 4.35. The zero-order valence-electron chi connectivity index (χ0n) is 11.9. The summed E-state index contributed by atoms with van der Waals surface area (Å²) in [5, 5.41) is 13.7. The first-order chi connectivity index (χ1) is 10.0. The molecule has 2 heterocycles. The van der Waals surface area contributed by atoms with E-state index in [1.54, 1.807) is 13.8 Å². The number of ether oxygens (including phenoxy) is 1. The van der Waals surface area contributed by atoms with Crippen molar-refractivity contribution in [2.24, 2.45) is 0 Å². The van der Waals surface area contributed by atoms with E-state index in [9.17, 15) is 18.3 Å². The van der Waals surface area contributed by atoms with Crippen molar-refractivity contribution in [1.82, 2.24) is 14.8 Å². The summed E-state index contributed by atoms with van der Waals surface area (Å²) in [7, 11) is 0. The van der Waals surface area contributed by atoms with Gasteiger partial charge in [0.05, 0.1) is 18.3 Å². The van der Waals surface area contributed by atoms with Gasteiger partial charge in [-0.3, -0.25) is 4.68 Å². The average molecular weight is 316 g/mol. The maximum Gasteiger partial charge on any atom is 0.573 e. The second kappa shape index (κ2) is 5.48. The predicted octanol–water partition coefficient (Wildman–Crippen LogP) is 2.20. The summed E-state index contributed by atoms with van der Waals surface area (Å²) in [5.41, 5.74) is 4.87. The summed E-state index contributed by atoms with van der Waals surface area (Å²) in [6.45, 7) is 3.37. The molecule has 0 unspecified atom stereocenters. The first kappa shape index (κ1) is 16.1. The molecule has 0 aliphatic heterocycles. The number of halogens is 3. The lowest BCUT2D eigenvalue weighted by atomic mass is 10.1. The third-order valence-corrected chi connectivity index (χ3v) is 2.61. The fourth-order valence-corrected chi connectivity index (χ4v) is 1.86. The summed E-state index contributed by atoms with van der Waals surface area (Å²) in [4.78, 5) is 3.77. The lowest BCUT2D eigenvalue weighted by Crippen LogP contribution is -2.26. The molecule has 6 nitrogen and oxygen atoms in total. The molecule has 22 heavy (non-hydrogen) atoms. The third-order valence-electron chi connectivity index (χ3n) is 2.61. The number of aromatic nitrogens is 3. The molecule has 2 rings (SSSR count). The van der Waals surface area contributed by atoms with Crippen LogP contribution in [0.2, 0.25) is 0 Å². The Kier molecular flexibility index (Phi) is 4.01. The number of aliphatic hydroxyl groups is 1. The number of anilines is 1. The maximum absolute atomic E-state index is 12.5. The van der Waals surface area contributed by atoms with Crippen molar-refractivity contribution in [3.63, 3.8) is 0 Å². The normalized spacial score (nSPS) is 12.5. The number of nitrogens with two attached hydrogens (primary N) is 1. The summed E-state index contributed by atoms with van der Waals surface area (Å²) < 4.78 is 42.8. The van der Waals surface area contributed by atoms with Crippen molar-refractivity contribution in [2.75, 3.05) is 5.73 Å². The van der Waals surface area contributed by atoms with Crippen LogP contribution in [0.1, 0.15) is 13.8 Å². The van der Waals surface area contributed by atoms with Crippen molar-refractivity contribution in [3.05, 3.63) is 24.7 Å². The van der Waals surface area contributed by atoms with Crippen LogP contribution < -0.4 is 10.5 Å². The Morgan fingerprint density at radius 1 is 1.32 bits per heavy atom. The molecule has 0 saturated heterocycles. The molecule has 0 aromatic carbocycles. The Balaban J connectivity index is 2.36. The molecule has 0 amide bonds. The van der Waals surface area contributed by atoms with Crippen LogP contribution in [0.3, 0.4) is 0 Å². The van der Waals surface area contributed by atoms with Gasteiger partial charge < -0.3 is 15.6 Å². The van der Waals surface area contributed by atoms with Gasteiger partial charge in [-0.1, -0.05) is 0 Å².